The summed E-state index contributed by atoms with van der Waals surface area (Å²) in [5, 5.41) is 0. The van der Waals surface area contributed by atoms with E-state index in [1.54, 1.807) is 0 Å². The Hall–Kier alpha value is -2.89. The fraction of sp³-hybridized carbons (Fsp3) is 0.800. The van der Waals surface area contributed by atoms with Gasteiger partial charge in [0.2, 0.25) is 0 Å². The molecule has 6 nitrogen and oxygen atoms in total. The molecule has 0 bridgehead atoms. The number of rotatable bonds is 56. The number of carbonyl (C=O) groups is 3. The zero-order chi connectivity index (χ0) is 51.4. The van der Waals surface area contributed by atoms with E-state index in [2.05, 4.69) is 81.5 Å². The Kier molecular flexibility index (Phi) is 57.2. The maximum atomic E-state index is 12.9. The Balaban J connectivity index is 4.28. The third kappa shape index (κ3) is 57.9. The van der Waals surface area contributed by atoms with Crippen molar-refractivity contribution >= 4 is 17.9 Å². The van der Waals surface area contributed by atoms with Crippen LogP contribution in [0.3, 0.4) is 0 Å². The fourth-order valence-electron chi connectivity index (χ4n) is 8.89. The number of esters is 3. The molecule has 0 aromatic carbocycles. The maximum Gasteiger partial charge on any atom is 0.306 e. The average Bonchev–Trinajstić information content (AvgIpc) is 3.37. The average molecular weight is 994 g/mol. The summed E-state index contributed by atoms with van der Waals surface area (Å²) < 4.78 is 16.9. The Morgan fingerprint density at radius 3 is 0.915 bits per heavy atom. The summed E-state index contributed by atoms with van der Waals surface area (Å²) in [4.78, 5) is 38.2. The van der Waals surface area contributed by atoms with Crippen molar-refractivity contribution < 1.29 is 28.6 Å². The molecule has 0 heterocycles. The van der Waals surface area contributed by atoms with Crippen molar-refractivity contribution in [1.82, 2.24) is 0 Å². The van der Waals surface area contributed by atoms with Crippen molar-refractivity contribution in [3.05, 3.63) is 60.8 Å². The van der Waals surface area contributed by atoms with E-state index < -0.39 is 6.10 Å². The summed E-state index contributed by atoms with van der Waals surface area (Å²) in [7, 11) is 0. The van der Waals surface area contributed by atoms with Crippen LogP contribution in [0.1, 0.15) is 316 Å². The van der Waals surface area contributed by atoms with Gasteiger partial charge in [0.15, 0.2) is 6.10 Å². The number of hydrogen-bond donors (Lipinski definition) is 0. The monoisotopic (exact) mass is 993 g/mol. The SMILES string of the molecule is CC/C=C\C/C=C\C/C=C\C/C=C\CCCCCCCCCCC(=O)OCC(COC(=O)CCCCCCC/C=C\CCCC)OC(=O)CCCCCCCCCCCCCCCCCCCCCCC. The Morgan fingerprint density at radius 1 is 0.296 bits per heavy atom. The summed E-state index contributed by atoms with van der Waals surface area (Å²) in [6, 6.07) is 0. The Morgan fingerprint density at radius 2 is 0.563 bits per heavy atom. The van der Waals surface area contributed by atoms with Crippen molar-refractivity contribution in [3.63, 3.8) is 0 Å². The predicted octanol–water partition coefficient (Wildman–Crippen LogP) is 20.8. The normalized spacial score (nSPS) is 12.4. The molecule has 0 aliphatic heterocycles. The van der Waals surface area contributed by atoms with Crippen LogP contribution in [0.15, 0.2) is 60.8 Å². The minimum Gasteiger partial charge on any atom is -0.462 e. The van der Waals surface area contributed by atoms with Crippen LogP contribution >= 0.6 is 0 Å². The molecule has 0 aromatic rings. The molecule has 412 valence electrons. The predicted molar refractivity (Wildman–Crippen MR) is 307 cm³/mol. The number of hydrogen-bond acceptors (Lipinski definition) is 6. The Labute approximate surface area is 440 Å². The molecule has 0 amide bonds. The van der Waals surface area contributed by atoms with E-state index >= 15 is 0 Å². The van der Waals surface area contributed by atoms with Gasteiger partial charge in [-0.3, -0.25) is 14.4 Å². The minimum absolute atomic E-state index is 0.0784. The quantitative estimate of drug-likeness (QED) is 0.0261. The van der Waals surface area contributed by atoms with Crippen molar-refractivity contribution in [1.29, 1.82) is 0 Å². The van der Waals surface area contributed by atoms with Gasteiger partial charge in [0.1, 0.15) is 13.2 Å². The molecule has 0 fully saturated rings. The zero-order valence-electron chi connectivity index (χ0n) is 47.2. The molecule has 0 radical (unpaired) electrons. The van der Waals surface area contributed by atoms with Gasteiger partial charge in [0, 0.05) is 19.3 Å². The van der Waals surface area contributed by atoms with Gasteiger partial charge in [-0.05, 0) is 77.0 Å². The summed E-state index contributed by atoms with van der Waals surface area (Å²) >= 11 is 0. The molecular formula is C65H116O6. The van der Waals surface area contributed by atoms with Crippen LogP contribution in [-0.4, -0.2) is 37.2 Å². The highest BCUT2D eigenvalue weighted by atomic mass is 16.6. The molecule has 1 atom stereocenters. The van der Waals surface area contributed by atoms with Gasteiger partial charge in [0.05, 0.1) is 0 Å². The number of ether oxygens (including phenoxy) is 3. The molecule has 6 heteroatoms. The lowest BCUT2D eigenvalue weighted by Crippen LogP contribution is -2.30. The van der Waals surface area contributed by atoms with Gasteiger partial charge >= 0.3 is 17.9 Å². The molecule has 0 aliphatic carbocycles. The molecule has 0 saturated heterocycles. The highest BCUT2D eigenvalue weighted by molar-refractivity contribution is 5.71. The van der Waals surface area contributed by atoms with E-state index in [-0.39, 0.29) is 31.1 Å². The van der Waals surface area contributed by atoms with E-state index in [0.29, 0.717) is 19.3 Å². The first-order chi connectivity index (χ1) is 35.0. The first kappa shape index (κ1) is 68.1. The molecular weight excluding hydrogens is 877 g/mol. The standard InChI is InChI=1S/C65H116O6/c1-4-7-10-13-16-19-22-24-26-28-30-32-34-36-38-40-43-46-49-52-55-58-64(67)70-61-62(60-69-63(66)57-54-51-48-45-42-21-18-15-12-9-6-3)71-65(68)59-56-53-50-47-44-41-39-37-35-33-31-29-27-25-23-20-17-14-11-8-5-2/h7,10,15-16,18-19,24,26,30,32,62H,4-6,8-9,11-14,17,20-23,25,27-29,31,33-61H2,1-3H3/b10-7-,18-15-,19-16-,26-24-,32-30-. The maximum absolute atomic E-state index is 12.9. The van der Waals surface area contributed by atoms with Gasteiger partial charge < -0.3 is 14.2 Å². The van der Waals surface area contributed by atoms with Crippen LogP contribution in [0.4, 0.5) is 0 Å². The lowest BCUT2D eigenvalue weighted by molar-refractivity contribution is -0.167. The summed E-state index contributed by atoms with van der Waals surface area (Å²) in [5.74, 6) is -0.879. The molecule has 0 aliphatic rings. The first-order valence-corrected chi connectivity index (χ1v) is 30.8. The van der Waals surface area contributed by atoms with Crippen LogP contribution in [0.25, 0.3) is 0 Å². The third-order valence-corrected chi connectivity index (χ3v) is 13.5. The van der Waals surface area contributed by atoms with Crippen LogP contribution in [-0.2, 0) is 28.6 Å². The van der Waals surface area contributed by atoms with E-state index in [1.807, 2.05) is 0 Å². The van der Waals surface area contributed by atoms with Gasteiger partial charge in [0.25, 0.3) is 0 Å². The van der Waals surface area contributed by atoms with Crippen LogP contribution in [0.5, 0.6) is 0 Å². The van der Waals surface area contributed by atoms with Gasteiger partial charge in [-0.25, -0.2) is 0 Å². The second kappa shape index (κ2) is 59.7. The molecule has 0 spiro atoms. The van der Waals surface area contributed by atoms with E-state index in [9.17, 15) is 14.4 Å². The third-order valence-electron chi connectivity index (χ3n) is 13.5. The van der Waals surface area contributed by atoms with Crippen molar-refractivity contribution in [3.8, 4) is 0 Å². The molecule has 0 N–H and O–H groups in total. The molecule has 71 heavy (non-hydrogen) atoms. The van der Waals surface area contributed by atoms with Crippen LogP contribution < -0.4 is 0 Å². The molecule has 0 aromatic heterocycles. The highest BCUT2D eigenvalue weighted by Crippen LogP contribution is 2.17. The Bertz CT molecular complexity index is 1280. The lowest BCUT2D eigenvalue weighted by atomic mass is 10.0. The van der Waals surface area contributed by atoms with Gasteiger partial charge in [-0.2, -0.15) is 0 Å². The fourth-order valence-corrected chi connectivity index (χ4v) is 8.89. The summed E-state index contributed by atoms with van der Waals surface area (Å²) in [6.45, 7) is 6.52. The van der Waals surface area contributed by atoms with Crippen molar-refractivity contribution in [2.75, 3.05) is 13.2 Å². The number of allylic oxidation sites excluding steroid dienone is 10. The first-order valence-electron chi connectivity index (χ1n) is 30.8. The molecule has 1 unspecified atom stereocenters. The van der Waals surface area contributed by atoms with Crippen LogP contribution in [0, 0.1) is 0 Å². The van der Waals surface area contributed by atoms with Crippen molar-refractivity contribution in [2.24, 2.45) is 0 Å². The van der Waals surface area contributed by atoms with Crippen LogP contribution in [0.2, 0.25) is 0 Å². The van der Waals surface area contributed by atoms with Gasteiger partial charge in [-0.1, -0.05) is 281 Å². The second-order valence-corrected chi connectivity index (χ2v) is 20.6. The van der Waals surface area contributed by atoms with E-state index in [4.69, 9.17) is 14.2 Å². The number of unbranched alkanes of at least 4 members (excludes halogenated alkanes) is 35. The second-order valence-electron chi connectivity index (χ2n) is 20.6. The lowest BCUT2D eigenvalue weighted by Gasteiger charge is -2.18. The largest absolute Gasteiger partial charge is 0.462 e. The number of carbonyl (C=O) groups excluding carboxylic acids is 3. The van der Waals surface area contributed by atoms with Crippen molar-refractivity contribution in [2.45, 2.75) is 322 Å². The smallest absolute Gasteiger partial charge is 0.306 e. The topological polar surface area (TPSA) is 78.9 Å². The molecule has 0 rings (SSSR count). The minimum atomic E-state index is -0.779. The van der Waals surface area contributed by atoms with E-state index in [0.717, 1.165) is 96.3 Å². The molecule has 0 saturated carbocycles. The summed E-state index contributed by atoms with van der Waals surface area (Å²) in [6.07, 6.45) is 75.1. The zero-order valence-corrected chi connectivity index (χ0v) is 47.2. The highest BCUT2D eigenvalue weighted by Gasteiger charge is 2.19. The summed E-state index contributed by atoms with van der Waals surface area (Å²) in [5.41, 5.74) is 0. The van der Waals surface area contributed by atoms with Gasteiger partial charge in [-0.15, -0.1) is 0 Å². The van der Waals surface area contributed by atoms with E-state index in [1.165, 1.54) is 180 Å².